The number of hydrogen-bond donors (Lipinski definition) is 2. The van der Waals surface area contributed by atoms with Crippen LogP contribution in [0.25, 0.3) is 11.3 Å². The van der Waals surface area contributed by atoms with E-state index in [2.05, 4.69) is 15.5 Å². The molecule has 134 valence electrons. The molecule has 0 saturated heterocycles. The number of para-hydroxylation sites is 1. The number of rotatable bonds is 6. The van der Waals surface area contributed by atoms with Crippen LogP contribution in [0.2, 0.25) is 5.02 Å². The lowest BCUT2D eigenvalue weighted by molar-refractivity contribution is -0.122. The third-order valence-corrected chi connectivity index (χ3v) is 3.94. The summed E-state index contributed by atoms with van der Waals surface area (Å²) in [5.41, 5.74) is 1.59. The maximum absolute atomic E-state index is 12.3. The van der Waals surface area contributed by atoms with Gasteiger partial charge in [-0.05, 0) is 37.3 Å². The predicted octanol–water partition coefficient (Wildman–Crippen LogP) is 4.14. The Bertz CT molecular complexity index is 910. The third-order valence-electron chi connectivity index (χ3n) is 3.70. The van der Waals surface area contributed by atoms with Crippen molar-refractivity contribution in [2.45, 2.75) is 13.0 Å². The van der Waals surface area contributed by atoms with Crippen molar-refractivity contribution in [3.8, 4) is 22.8 Å². The molecule has 0 unspecified atom stereocenters. The average Bonchev–Trinajstić information content (AvgIpc) is 3.10. The maximum Gasteiger partial charge on any atom is 0.266 e. The van der Waals surface area contributed by atoms with E-state index in [4.69, 9.17) is 21.1 Å². The molecule has 3 aromatic rings. The van der Waals surface area contributed by atoms with Crippen LogP contribution in [0, 0.1) is 0 Å². The van der Waals surface area contributed by atoms with Crippen LogP contribution in [-0.2, 0) is 4.79 Å². The van der Waals surface area contributed by atoms with Gasteiger partial charge in [-0.15, -0.1) is 0 Å². The van der Waals surface area contributed by atoms with Crippen LogP contribution in [0.15, 0.2) is 54.6 Å². The molecule has 1 aromatic heterocycles. The Kier molecular flexibility index (Phi) is 5.43. The van der Waals surface area contributed by atoms with E-state index < -0.39 is 6.10 Å². The fourth-order valence-corrected chi connectivity index (χ4v) is 2.60. The molecule has 6 nitrogen and oxygen atoms in total. The number of benzene rings is 2. The Morgan fingerprint density at radius 3 is 2.77 bits per heavy atom. The SMILES string of the molecule is COc1ccccc1-c1cc(NC(=O)[C@@H](C)Oc2cccc(Cl)c2)n[nH]1. The minimum Gasteiger partial charge on any atom is -0.496 e. The number of nitrogens with zero attached hydrogens (tertiary/aromatic N) is 1. The number of aromatic nitrogens is 2. The van der Waals surface area contributed by atoms with Crippen molar-refractivity contribution in [3.05, 3.63) is 59.6 Å². The van der Waals surface area contributed by atoms with Gasteiger partial charge in [0.2, 0.25) is 0 Å². The summed E-state index contributed by atoms with van der Waals surface area (Å²) in [6, 6.07) is 16.2. The van der Waals surface area contributed by atoms with Gasteiger partial charge in [0.25, 0.3) is 5.91 Å². The van der Waals surface area contributed by atoms with Crippen molar-refractivity contribution < 1.29 is 14.3 Å². The smallest absolute Gasteiger partial charge is 0.266 e. The Morgan fingerprint density at radius 2 is 2.00 bits per heavy atom. The van der Waals surface area contributed by atoms with E-state index >= 15 is 0 Å². The summed E-state index contributed by atoms with van der Waals surface area (Å²) in [6.07, 6.45) is -0.708. The first-order valence-corrected chi connectivity index (χ1v) is 8.36. The van der Waals surface area contributed by atoms with E-state index in [0.29, 0.717) is 22.3 Å². The lowest BCUT2D eigenvalue weighted by Crippen LogP contribution is -2.30. The maximum atomic E-state index is 12.3. The number of amides is 1. The summed E-state index contributed by atoms with van der Waals surface area (Å²) >= 11 is 5.92. The second kappa shape index (κ2) is 7.93. The Labute approximate surface area is 156 Å². The van der Waals surface area contributed by atoms with E-state index in [9.17, 15) is 4.79 Å². The second-order valence-electron chi connectivity index (χ2n) is 5.57. The number of nitrogens with one attached hydrogen (secondary N) is 2. The van der Waals surface area contributed by atoms with Gasteiger partial charge in [0.05, 0.1) is 12.8 Å². The van der Waals surface area contributed by atoms with Gasteiger partial charge >= 0.3 is 0 Å². The van der Waals surface area contributed by atoms with Gasteiger partial charge < -0.3 is 14.8 Å². The van der Waals surface area contributed by atoms with Crippen molar-refractivity contribution in [3.63, 3.8) is 0 Å². The highest BCUT2D eigenvalue weighted by Crippen LogP contribution is 2.29. The standard InChI is InChI=1S/C19H18ClN3O3/c1-12(26-14-7-5-6-13(20)10-14)19(24)21-18-11-16(22-23-18)15-8-3-4-9-17(15)25-2/h3-12H,1-2H3,(H2,21,22,23,24)/t12-/m1/s1. The average molecular weight is 372 g/mol. The molecule has 1 amide bonds. The van der Waals surface area contributed by atoms with Gasteiger partial charge in [0.1, 0.15) is 11.5 Å². The molecule has 1 atom stereocenters. The summed E-state index contributed by atoms with van der Waals surface area (Å²) in [6.45, 7) is 1.66. The molecule has 0 aliphatic carbocycles. The molecule has 0 aliphatic rings. The predicted molar refractivity (Wildman–Crippen MR) is 101 cm³/mol. The van der Waals surface area contributed by atoms with E-state index in [1.807, 2.05) is 24.3 Å². The quantitative estimate of drug-likeness (QED) is 0.682. The monoisotopic (exact) mass is 371 g/mol. The first-order valence-electron chi connectivity index (χ1n) is 7.98. The normalized spacial score (nSPS) is 11.7. The number of halogens is 1. The van der Waals surface area contributed by atoms with Crippen molar-refractivity contribution >= 4 is 23.3 Å². The highest BCUT2D eigenvalue weighted by Gasteiger charge is 2.17. The number of H-pyrrole nitrogens is 1. The summed E-state index contributed by atoms with van der Waals surface area (Å²) in [4.78, 5) is 12.3. The van der Waals surface area contributed by atoms with Crippen molar-refractivity contribution in [2.24, 2.45) is 0 Å². The van der Waals surface area contributed by atoms with Crippen LogP contribution in [0.4, 0.5) is 5.82 Å². The molecule has 2 N–H and O–H groups in total. The molecule has 1 heterocycles. The molecule has 7 heteroatoms. The largest absolute Gasteiger partial charge is 0.496 e. The Balaban J connectivity index is 1.67. The topological polar surface area (TPSA) is 76.2 Å². The molecule has 2 aromatic carbocycles. The number of carbonyl (C=O) groups is 1. The number of aromatic amines is 1. The number of carbonyl (C=O) groups excluding carboxylic acids is 1. The lowest BCUT2D eigenvalue weighted by Gasteiger charge is -2.13. The molecule has 0 fully saturated rings. The summed E-state index contributed by atoms with van der Waals surface area (Å²) in [5, 5.41) is 10.3. The van der Waals surface area contributed by atoms with Gasteiger partial charge in [-0.3, -0.25) is 9.89 Å². The van der Waals surface area contributed by atoms with Gasteiger partial charge in [-0.1, -0.05) is 29.8 Å². The van der Waals surface area contributed by atoms with Crippen LogP contribution >= 0.6 is 11.6 Å². The summed E-state index contributed by atoms with van der Waals surface area (Å²) in [5.74, 6) is 1.32. The Hall–Kier alpha value is -2.99. The molecule has 0 radical (unpaired) electrons. The molecular formula is C19H18ClN3O3. The van der Waals surface area contributed by atoms with Crippen LogP contribution in [-0.4, -0.2) is 29.3 Å². The first-order chi connectivity index (χ1) is 12.6. The minimum atomic E-state index is -0.708. The molecule has 26 heavy (non-hydrogen) atoms. The molecule has 0 saturated carbocycles. The number of ether oxygens (including phenoxy) is 2. The van der Waals surface area contributed by atoms with Crippen molar-refractivity contribution in [1.82, 2.24) is 10.2 Å². The fraction of sp³-hybridized carbons (Fsp3) is 0.158. The van der Waals surface area contributed by atoms with Crippen LogP contribution in [0.3, 0.4) is 0 Å². The molecular weight excluding hydrogens is 354 g/mol. The highest BCUT2D eigenvalue weighted by atomic mass is 35.5. The van der Waals surface area contributed by atoms with E-state index in [1.165, 1.54) is 0 Å². The van der Waals surface area contributed by atoms with Crippen LogP contribution in [0.1, 0.15) is 6.92 Å². The van der Waals surface area contributed by atoms with Crippen LogP contribution < -0.4 is 14.8 Å². The number of hydrogen-bond acceptors (Lipinski definition) is 4. The zero-order valence-corrected chi connectivity index (χ0v) is 15.1. The number of methoxy groups -OCH3 is 1. The zero-order chi connectivity index (χ0) is 18.5. The van der Waals surface area contributed by atoms with Crippen molar-refractivity contribution in [2.75, 3.05) is 12.4 Å². The molecule has 0 bridgehead atoms. The van der Waals surface area contributed by atoms with Gasteiger partial charge in [0.15, 0.2) is 11.9 Å². The van der Waals surface area contributed by atoms with E-state index in [0.717, 1.165) is 11.3 Å². The van der Waals surface area contributed by atoms with E-state index in [1.54, 1.807) is 44.4 Å². The molecule has 3 rings (SSSR count). The lowest BCUT2D eigenvalue weighted by atomic mass is 10.1. The van der Waals surface area contributed by atoms with Crippen molar-refractivity contribution in [1.29, 1.82) is 0 Å². The molecule has 0 aliphatic heterocycles. The highest BCUT2D eigenvalue weighted by molar-refractivity contribution is 6.30. The van der Waals surface area contributed by atoms with E-state index in [-0.39, 0.29) is 5.91 Å². The Morgan fingerprint density at radius 1 is 1.19 bits per heavy atom. The summed E-state index contributed by atoms with van der Waals surface area (Å²) < 4.78 is 10.9. The minimum absolute atomic E-state index is 0.317. The van der Waals surface area contributed by atoms with Gasteiger partial charge in [-0.25, -0.2) is 0 Å². The fourth-order valence-electron chi connectivity index (χ4n) is 2.42. The first kappa shape index (κ1) is 17.8. The molecule has 0 spiro atoms. The summed E-state index contributed by atoms with van der Waals surface area (Å²) in [7, 11) is 1.60. The van der Waals surface area contributed by atoms with Gasteiger partial charge in [-0.2, -0.15) is 5.10 Å². The third kappa shape index (κ3) is 4.15. The van der Waals surface area contributed by atoms with Gasteiger partial charge in [0, 0.05) is 16.7 Å². The zero-order valence-electron chi connectivity index (χ0n) is 14.3. The number of anilines is 1. The van der Waals surface area contributed by atoms with Crippen LogP contribution in [0.5, 0.6) is 11.5 Å². The second-order valence-corrected chi connectivity index (χ2v) is 6.01.